The van der Waals surface area contributed by atoms with E-state index in [9.17, 15) is 0 Å². The van der Waals surface area contributed by atoms with E-state index < -0.39 is 0 Å². The van der Waals surface area contributed by atoms with Crippen molar-refractivity contribution in [2.24, 2.45) is 11.7 Å². The molecule has 0 radical (unpaired) electrons. The summed E-state index contributed by atoms with van der Waals surface area (Å²) in [5, 5.41) is 0. The minimum Gasteiger partial charge on any atom is -0.329 e. The maximum absolute atomic E-state index is 6.01. The van der Waals surface area contributed by atoms with Crippen molar-refractivity contribution in [1.82, 2.24) is 4.90 Å². The molecule has 0 aliphatic heterocycles. The van der Waals surface area contributed by atoms with Crippen molar-refractivity contribution < 1.29 is 0 Å². The van der Waals surface area contributed by atoms with Gasteiger partial charge in [-0.1, -0.05) is 54.6 Å². The van der Waals surface area contributed by atoms with Crippen molar-refractivity contribution >= 4 is 0 Å². The van der Waals surface area contributed by atoms with Gasteiger partial charge in [0.05, 0.1) is 0 Å². The van der Waals surface area contributed by atoms with E-state index in [1.54, 1.807) is 0 Å². The highest BCUT2D eigenvalue weighted by Crippen LogP contribution is 2.32. The lowest BCUT2D eigenvalue weighted by atomic mass is 10.00. The highest BCUT2D eigenvalue weighted by Gasteiger charge is 2.26. The zero-order valence-corrected chi connectivity index (χ0v) is 12.7. The molecule has 1 aliphatic carbocycles. The normalized spacial score (nSPS) is 16.1. The number of likely N-dealkylation sites (N-methyl/N-ethyl adjacent to an activating group) is 1. The molecule has 21 heavy (non-hydrogen) atoms. The minimum absolute atomic E-state index is 0.329. The Bertz CT molecular complexity index is 558. The van der Waals surface area contributed by atoms with Gasteiger partial charge in [0.15, 0.2) is 0 Å². The minimum atomic E-state index is 0.329. The van der Waals surface area contributed by atoms with Gasteiger partial charge in [-0.25, -0.2) is 0 Å². The Balaban J connectivity index is 1.75. The first-order valence-electron chi connectivity index (χ1n) is 7.83. The van der Waals surface area contributed by atoms with Crippen LogP contribution >= 0.6 is 0 Å². The van der Waals surface area contributed by atoms with Gasteiger partial charge in [-0.2, -0.15) is 0 Å². The van der Waals surface area contributed by atoms with Crippen molar-refractivity contribution in [3.63, 3.8) is 0 Å². The summed E-state index contributed by atoms with van der Waals surface area (Å²) < 4.78 is 0. The van der Waals surface area contributed by atoms with Gasteiger partial charge in [-0.3, -0.25) is 4.90 Å². The predicted octanol–water partition coefficient (Wildman–Crippen LogP) is 3.70. The number of hydrogen-bond acceptors (Lipinski definition) is 2. The van der Waals surface area contributed by atoms with Crippen LogP contribution in [0.1, 0.15) is 24.4 Å². The molecule has 2 N–H and O–H groups in total. The molecule has 0 heterocycles. The molecular formula is C19H24N2. The molecule has 0 bridgehead atoms. The molecular weight excluding hydrogens is 256 g/mol. The average Bonchev–Trinajstić information content (AvgIpc) is 3.33. The summed E-state index contributed by atoms with van der Waals surface area (Å²) in [6.07, 6.45) is 2.77. The van der Waals surface area contributed by atoms with Crippen molar-refractivity contribution in [3.05, 3.63) is 60.2 Å². The van der Waals surface area contributed by atoms with Crippen LogP contribution in [-0.4, -0.2) is 25.0 Å². The third-order valence-electron chi connectivity index (χ3n) is 4.40. The Morgan fingerprint density at radius 3 is 2.19 bits per heavy atom. The molecule has 110 valence electrons. The first-order valence-corrected chi connectivity index (χ1v) is 7.83. The van der Waals surface area contributed by atoms with Crippen LogP contribution < -0.4 is 5.73 Å². The fraction of sp³-hybridized carbons (Fsp3) is 0.368. The van der Waals surface area contributed by atoms with Crippen LogP contribution in [0.5, 0.6) is 0 Å². The van der Waals surface area contributed by atoms with Gasteiger partial charge in [-0.15, -0.1) is 0 Å². The van der Waals surface area contributed by atoms with Gasteiger partial charge < -0.3 is 5.73 Å². The fourth-order valence-corrected chi connectivity index (χ4v) is 2.93. The third-order valence-corrected chi connectivity index (χ3v) is 4.40. The van der Waals surface area contributed by atoms with Crippen molar-refractivity contribution in [3.8, 4) is 11.1 Å². The highest BCUT2D eigenvalue weighted by molar-refractivity contribution is 5.63. The van der Waals surface area contributed by atoms with Crippen LogP contribution in [-0.2, 0) is 0 Å². The van der Waals surface area contributed by atoms with Crippen LogP contribution in [0, 0.1) is 5.92 Å². The predicted molar refractivity (Wildman–Crippen MR) is 89.0 cm³/mol. The third kappa shape index (κ3) is 3.52. The monoisotopic (exact) mass is 280 g/mol. The fourth-order valence-electron chi connectivity index (χ4n) is 2.93. The molecule has 2 aromatic carbocycles. The standard InChI is InChI=1S/C19H24N2/c1-21(14-15-7-8-15)19(13-20)18-11-9-17(10-12-18)16-5-3-2-4-6-16/h2-6,9-12,15,19H,7-8,13-14,20H2,1H3. The smallest absolute Gasteiger partial charge is 0.0467 e. The Kier molecular flexibility index (Phi) is 4.37. The van der Waals surface area contributed by atoms with Crippen LogP contribution in [0.15, 0.2) is 54.6 Å². The van der Waals surface area contributed by atoms with E-state index >= 15 is 0 Å². The first-order chi connectivity index (χ1) is 10.3. The van der Waals surface area contributed by atoms with Crippen LogP contribution in [0.2, 0.25) is 0 Å². The second-order valence-corrected chi connectivity index (χ2v) is 6.12. The number of benzene rings is 2. The van der Waals surface area contributed by atoms with E-state index in [1.165, 1.54) is 36.1 Å². The molecule has 1 atom stereocenters. The second-order valence-electron chi connectivity index (χ2n) is 6.12. The summed E-state index contributed by atoms with van der Waals surface area (Å²) in [5.41, 5.74) is 9.86. The number of hydrogen-bond donors (Lipinski definition) is 1. The van der Waals surface area contributed by atoms with Gasteiger partial charge in [0.25, 0.3) is 0 Å². The zero-order chi connectivity index (χ0) is 14.7. The molecule has 2 nitrogen and oxygen atoms in total. The molecule has 1 saturated carbocycles. The van der Waals surface area contributed by atoms with Crippen molar-refractivity contribution in [2.45, 2.75) is 18.9 Å². The van der Waals surface area contributed by atoms with Gasteiger partial charge in [0.2, 0.25) is 0 Å². The molecule has 1 unspecified atom stereocenters. The maximum atomic E-state index is 6.01. The SMILES string of the molecule is CN(CC1CC1)C(CN)c1ccc(-c2ccccc2)cc1. The zero-order valence-electron chi connectivity index (χ0n) is 12.7. The van der Waals surface area contributed by atoms with Gasteiger partial charge >= 0.3 is 0 Å². The molecule has 2 aromatic rings. The summed E-state index contributed by atoms with van der Waals surface area (Å²) in [6.45, 7) is 1.84. The Labute approximate surface area is 127 Å². The number of nitrogens with two attached hydrogens (primary N) is 1. The molecule has 1 aliphatic rings. The number of nitrogens with zero attached hydrogens (tertiary/aromatic N) is 1. The van der Waals surface area contributed by atoms with Crippen molar-refractivity contribution in [2.75, 3.05) is 20.1 Å². The van der Waals surface area contributed by atoms with E-state index in [0.717, 1.165) is 5.92 Å². The lowest BCUT2D eigenvalue weighted by Gasteiger charge is -2.27. The van der Waals surface area contributed by atoms with E-state index in [1.807, 2.05) is 0 Å². The largest absolute Gasteiger partial charge is 0.329 e. The quantitative estimate of drug-likeness (QED) is 0.874. The molecule has 0 spiro atoms. The highest BCUT2D eigenvalue weighted by atomic mass is 15.1. The summed E-state index contributed by atoms with van der Waals surface area (Å²) in [5.74, 6) is 0.896. The maximum Gasteiger partial charge on any atom is 0.0467 e. The van der Waals surface area contributed by atoms with Crippen LogP contribution in [0.25, 0.3) is 11.1 Å². The van der Waals surface area contributed by atoms with Gasteiger partial charge in [-0.05, 0) is 42.5 Å². The Morgan fingerprint density at radius 2 is 1.62 bits per heavy atom. The summed E-state index contributed by atoms with van der Waals surface area (Å²) in [6, 6.07) is 19.7. The lowest BCUT2D eigenvalue weighted by Crippen LogP contribution is -2.32. The van der Waals surface area contributed by atoms with E-state index in [2.05, 4.69) is 66.5 Å². The second kappa shape index (κ2) is 6.42. The Morgan fingerprint density at radius 1 is 1.00 bits per heavy atom. The molecule has 0 saturated heterocycles. The molecule has 1 fully saturated rings. The van der Waals surface area contributed by atoms with Gasteiger partial charge in [0.1, 0.15) is 0 Å². The van der Waals surface area contributed by atoms with Crippen LogP contribution in [0.3, 0.4) is 0 Å². The topological polar surface area (TPSA) is 29.3 Å². The van der Waals surface area contributed by atoms with E-state index in [4.69, 9.17) is 5.73 Å². The molecule has 2 heteroatoms. The molecule has 0 aromatic heterocycles. The molecule has 3 rings (SSSR count). The van der Waals surface area contributed by atoms with Crippen LogP contribution in [0.4, 0.5) is 0 Å². The molecule has 0 amide bonds. The first kappa shape index (κ1) is 14.3. The lowest BCUT2D eigenvalue weighted by molar-refractivity contribution is 0.240. The van der Waals surface area contributed by atoms with Gasteiger partial charge in [0, 0.05) is 19.1 Å². The summed E-state index contributed by atoms with van der Waals surface area (Å²) >= 11 is 0. The number of rotatable bonds is 6. The Hall–Kier alpha value is -1.64. The average molecular weight is 280 g/mol. The van der Waals surface area contributed by atoms with E-state index in [0.29, 0.717) is 12.6 Å². The summed E-state index contributed by atoms with van der Waals surface area (Å²) in [7, 11) is 2.20. The summed E-state index contributed by atoms with van der Waals surface area (Å²) in [4.78, 5) is 2.41. The van der Waals surface area contributed by atoms with Crippen molar-refractivity contribution in [1.29, 1.82) is 0 Å². The van der Waals surface area contributed by atoms with E-state index in [-0.39, 0.29) is 0 Å².